The first kappa shape index (κ1) is 65.7. The maximum absolute atomic E-state index is 12.9. The number of amides is 1. The van der Waals surface area contributed by atoms with Crippen LogP contribution in [0, 0.1) is 0 Å². The van der Waals surface area contributed by atoms with Crippen LogP contribution in [0.2, 0.25) is 0 Å². The third kappa shape index (κ3) is 19.2. The third-order valence-electron chi connectivity index (χ3n) is 8.19. The Kier molecular flexibility index (Phi) is 28.2. The first-order valence-electron chi connectivity index (χ1n) is 17.1. The number of nitrogens with one attached hydrogen (secondary N) is 1. The zero-order valence-corrected chi connectivity index (χ0v) is 48.8. The molecule has 0 aliphatic rings. The SMILES string of the molecule is Nc1ccc2c(O)c(N=Nc3ccc(C(=O)Nc4ccc(S(=O)(=O)CCOS(=O)(=O)[O-])cc4)cc3)c(SOO[O-])cc2c1N=Nc1ccc(S(=O)(=O)CCOSOO[O-])cc1S(=O)(=O)[O-].[Na+].[Na+].[Na+].[Na+]. The quantitative estimate of drug-likeness (QED) is 0.00667. The molecule has 0 unspecified atom stereocenters. The Balaban J connectivity index is 0.00000595. The summed E-state index contributed by atoms with van der Waals surface area (Å²) in [7, 11) is -18.8. The number of azo groups is 2. The van der Waals surface area contributed by atoms with Gasteiger partial charge in [0.1, 0.15) is 27.2 Å². The summed E-state index contributed by atoms with van der Waals surface area (Å²) in [6.45, 7) is -1.43. The molecule has 0 aliphatic heterocycles. The molecule has 0 saturated heterocycles. The molecule has 5 rings (SSSR count). The summed E-state index contributed by atoms with van der Waals surface area (Å²) in [6, 6.07) is 16.6. The van der Waals surface area contributed by atoms with E-state index in [1.807, 2.05) is 0 Å². The van der Waals surface area contributed by atoms with Crippen LogP contribution >= 0.6 is 24.4 Å². The predicted molar refractivity (Wildman–Crippen MR) is 217 cm³/mol. The molecule has 4 N–H and O–H groups in total. The Morgan fingerprint density at radius 2 is 1.28 bits per heavy atom. The van der Waals surface area contributed by atoms with Crippen molar-refractivity contribution in [2.24, 2.45) is 20.5 Å². The van der Waals surface area contributed by atoms with Crippen molar-refractivity contribution in [3.05, 3.63) is 90.5 Å². The fourth-order valence-electron chi connectivity index (χ4n) is 5.24. The number of nitrogens with two attached hydrogens (primary N) is 1. The molecule has 0 aromatic heterocycles. The second-order valence-electron chi connectivity index (χ2n) is 12.3. The summed E-state index contributed by atoms with van der Waals surface area (Å²) in [5.74, 6) is -2.74. The second kappa shape index (κ2) is 29.6. The number of hydrogen-bond acceptors (Lipinski definition) is 27. The van der Waals surface area contributed by atoms with Crippen molar-refractivity contribution >= 4 is 115 Å². The van der Waals surface area contributed by atoms with Gasteiger partial charge in [-0.3, -0.25) is 23.2 Å². The van der Waals surface area contributed by atoms with Crippen LogP contribution in [-0.2, 0) is 67.3 Å². The summed E-state index contributed by atoms with van der Waals surface area (Å²) < 4.78 is 136. The first-order valence-corrected chi connectivity index (χ1v) is 24.6. The summed E-state index contributed by atoms with van der Waals surface area (Å²) in [6.07, 6.45) is 0. The smallest absolute Gasteiger partial charge is 0.744 e. The minimum Gasteiger partial charge on any atom is -0.744 e. The number of hydrogen-bond donors (Lipinski definition) is 3. The number of phenols is 1. The minimum absolute atomic E-state index is 0. The topological polar surface area (TPSA) is 409 Å². The number of rotatable bonds is 22. The van der Waals surface area contributed by atoms with Gasteiger partial charge in [-0.25, -0.2) is 33.7 Å². The van der Waals surface area contributed by atoms with E-state index in [1.54, 1.807) is 0 Å². The Labute approximate surface area is 489 Å². The van der Waals surface area contributed by atoms with E-state index in [4.69, 9.17) is 5.73 Å². The van der Waals surface area contributed by atoms with Crippen molar-refractivity contribution in [3.8, 4) is 5.75 Å². The number of carbonyl (C=O) groups is 1. The Hall–Kier alpha value is -1.27. The van der Waals surface area contributed by atoms with Gasteiger partial charge in [-0.05, 0) is 84.9 Å². The summed E-state index contributed by atoms with van der Waals surface area (Å²) in [4.78, 5) is 10.9. The van der Waals surface area contributed by atoms with E-state index < -0.39 is 92.0 Å². The zero-order valence-electron chi connectivity index (χ0n) is 35.9. The van der Waals surface area contributed by atoms with E-state index in [9.17, 15) is 63.2 Å². The van der Waals surface area contributed by atoms with Crippen LogP contribution in [0.5, 0.6) is 5.75 Å². The van der Waals surface area contributed by atoms with E-state index in [0.29, 0.717) is 6.07 Å². The molecule has 26 nitrogen and oxygen atoms in total. The maximum Gasteiger partial charge on any atom is 1.00 e. The van der Waals surface area contributed by atoms with Crippen molar-refractivity contribution in [3.63, 3.8) is 0 Å². The fraction of sp³-hybridized carbons (Fsp3) is 0.121. The van der Waals surface area contributed by atoms with E-state index in [2.05, 4.69) is 52.9 Å². The molecular weight excluding hydrogens is 1080 g/mol. The molecule has 5 aromatic carbocycles. The van der Waals surface area contributed by atoms with Crippen molar-refractivity contribution < 1.29 is 209 Å². The molecule has 0 fully saturated rings. The molecule has 0 aliphatic carbocycles. The minimum atomic E-state index is -5.39. The molecule has 36 heteroatoms. The van der Waals surface area contributed by atoms with Crippen LogP contribution in [0.1, 0.15) is 10.4 Å². The number of nitrogens with zero attached hydrogens (tertiary/aromatic N) is 4. The van der Waals surface area contributed by atoms with E-state index >= 15 is 0 Å². The number of anilines is 2. The first-order chi connectivity index (χ1) is 30.6. The van der Waals surface area contributed by atoms with Gasteiger partial charge in [0.15, 0.2) is 37.7 Å². The van der Waals surface area contributed by atoms with E-state index in [1.165, 1.54) is 54.6 Å². The average molecular weight is 1110 g/mol. The van der Waals surface area contributed by atoms with Crippen molar-refractivity contribution in [1.29, 1.82) is 0 Å². The van der Waals surface area contributed by atoms with Crippen LogP contribution in [0.25, 0.3) is 10.8 Å². The van der Waals surface area contributed by atoms with E-state index in [-0.39, 0.29) is 197 Å². The van der Waals surface area contributed by atoms with Crippen LogP contribution in [0.15, 0.2) is 125 Å². The van der Waals surface area contributed by atoms with Gasteiger partial charge in [0, 0.05) is 22.0 Å². The number of fused-ring (bicyclic) bond motifs is 1. The second-order valence-corrected chi connectivity index (χ2v) is 20.2. The third-order valence-corrected chi connectivity index (χ3v) is 13.9. The Morgan fingerprint density at radius 3 is 1.88 bits per heavy atom. The molecule has 348 valence electrons. The number of sulfone groups is 2. The molecule has 0 heterocycles. The van der Waals surface area contributed by atoms with Gasteiger partial charge in [0.05, 0.1) is 67.7 Å². The largest absolute Gasteiger partial charge is 1.00 e. The molecule has 0 atom stereocenters. The maximum atomic E-state index is 12.9. The zero-order chi connectivity index (χ0) is 47.6. The van der Waals surface area contributed by atoms with Crippen LogP contribution in [0.3, 0.4) is 0 Å². The summed E-state index contributed by atoms with van der Waals surface area (Å²) in [5, 5.41) is 57.0. The normalized spacial score (nSPS) is 11.9. The Bertz CT molecular complexity index is 3090. The number of benzene rings is 5. The average Bonchev–Trinajstić information content (AvgIpc) is 3.24. The van der Waals surface area contributed by atoms with Crippen molar-refractivity contribution in [2.75, 3.05) is 35.8 Å². The molecule has 0 saturated carbocycles. The van der Waals surface area contributed by atoms with Gasteiger partial charge in [-0.15, -0.1) is 19.7 Å². The molecule has 0 radical (unpaired) electrons. The summed E-state index contributed by atoms with van der Waals surface area (Å²) in [5.41, 5.74) is 5.39. The molecule has 69 heavy (non-hydrogen) atoms. The van der Waals surface area contributed by atoms with Gasteiger partial charge >= 0.3 is 118 Å². The number of carbonyl (C=O) groups excluding carboxylic acids is 1. The molecular formula is C33H26N6Na4O20S6. The van der Waals surface area contributed by atoms with Crippen LogP contribution in [-0.4, -0.2) is 78.5 Å². The van der Waals surface area contributed by atoms with Gasteiger partial charge in [0.25, 0.3) is 5.91 Å². The standard InChI is InChI=1S/C33H30N6O20S6.4Na/c34-26-11-10-24-25(30(26)38-37-27-12-9-23(17-29(27)64(48,49)50)63(46,47)15-13-54-61-59-57-43)18-28(60-58-56-42)31(32(24)40)39-36-21-3-1-19(2-4-21)33(41)35-20-5-7-22(8-6-20)62(44,45)16-14-55-65(51,52)53;;;;/h1-12,17-18,40,42-43H,13-16,34H2,(H,35,41)(H,48,49,50)(H,51,52,53);;;;/q;4*+1/p-4. The van der Waals surface area contributed by atoms with Gasteiger partial charge < -0.3 is 35.8 Å². The predicted octanol–water partition coefficient (Wildman–Crippen LogP) is -8.81. The van der Waals surface area contributed by atoms with Gasteiger partial charge in [-0.2, -0.15) is 9.45 Å². The van der Waals surface area contributed by atoms with Crippen molar-refractivity contribution in [2.45, 2.75) is 19.6 Å². The monoisotopic (exact) mass is 1110 g/mol. The van der Waals surface area contributed by atoms with Crippen LogP contribution in [0.4, 0.5) is 34.1 Å². The van der Waals surface area contributed by atoms with Gasteiger partial charge in [-0.1, -0.05) is 0 Å². The number of aromatic hydroxyl groups is 1. The van der Waals surface area contributed by atoms with E-state index in [0.717, 1.165) is 24.3 Å². The molecule has 0 bridgehead atoms. The summed E-state index contributed by atoms with van der Waals surface area (Å²) >= 11 is 0.314. The van der Waals surface area contributed by atoms with Crippen LogP contribution < -0.4 is 140 Å². The van der Waals surface area contributed by atoms with Crippen molar-refractivity contribution in [1.82, 2.24) is 0 Å². The number of phenolic OH excluding ortho intramolecular Hbond substituents is 1. The van der Waals surface area contributed by atoms with Gasteiger partial charge in [0.2, 0.25) is 10.4 Å². The fourth-order valence-corrected chi connectivity index (χ4v) is 9.35. The Morgan fingerprint density at radius 1 is 0.681 bits per heavy atom. The molecule has 0 spiro atoms. The number of nitrogen functional groups attached to an aromatic ring is 1. The molecule has 5 aromatic rings. The molecule has 1 amide bonds.